The fraction of sp³-hybridized carbons (Fsp3) is 0.846. The van der Waals surface area contributed by atoms with Crippen molar-refractivity contribution in [2.24, 2.45) is 0 Å². The van der Waals surface area contributed by atoms with E-state index >= 15 is 0 Å². The van der Waals surface area contributed by atoms with Crippen LogP contribution in [-0.4, -0.2) is 45.8 Å². The van der Waals surface area contributed by atoms with Crippen LogP contribution in [0.2, 0.25) is 0 Å². The van der Waals surface area contributed by atoms with E-state index in [1.165, 1.54) is 44.9 Å². The molecule has 0 rings (SSSR count). The van der Waals surface area contributed by atoms with Gasteiger partial charge in [-0.3, -0.25) is 14.4 Å². The number of carbonyl (C=O) groups excluding carboxylic acids is 3. The second-order valence-corrected chi connectivity index (χ2v) is 9.24. The van der Waals surface area contributed by atoms with Gasteiger partial charge < -0.3 is 19.7 Å². The van der Waals surface area contributed by atoms with E-state index in [-0.39, 0.29) is 6.10 Å². The number of carbonyl (C=O) groups is 4. The van der Waals surface area contributed by atoms with Crippen molar-refractivity contribution in [3.05, 3.63) is 0 Å². The summed E-state index contributed by atoms with van der Waals surface area (Å²) in [6, 6.07) is 0. The summed E-state index contributed by atoms with van der Waals surface area (Å²) in [7, 11) is 0. The Morgan fingerprint density at radius 1 is 0.735 bits per heavy atom. The molecule has 0 spiro atoms. The maximum atomic E-state index is 12.6. The highest BCUT2D eigenvalue weighted by atomic mass is 16.6. The molecule has 8 heteroatoms. The zero-order chi connectivity index (χ0) is 25.8. The first-order valence-corrected chi connectivity index (χ1v) is 13.0. The molecule has 8 nitrogen and oxygen atoms in total. The fourth-order valence-electron chi connectivity index (χ4n) is 3.89. The number of hydrogen-bond donors (Lipinski definition) is 2. The van der Waals surface area contributed by atoms with Crippen molar-refractivity contribution in [3.8, 4) is 0 Å². The van der Waals surface area contributed by atoms with Crippen molar-refractivity contribution in [1.29, 1.82) is 0 Å². The molecule has 198 valence electrons. The summed E-state index contributed by atoms with van der Waals surface area (Å²) in [6.45, 7) is 5.30. The van der Waals surface area contributed by atoms with Crippen LogP contribution in [-0.2, 0) is 28.7 Å². The van der Waals surface area contributed by atoms with Gasteiger partial charge >= 0.3 is 23.9 Å². The van der Waals surface area contributed by atoms with Gasteiger partial charge in [0.2, 0.25) is 0 Å². The molecular formula is C26H46O8. The second-order valence-electron chi connectivity index (χ2n) is 9.24. The van der Waals surface area contributed by atoms with Crippen molar-refractivity contribution < 1.29 is 38.9 Å². The molecule has 0 aliphatic heterocycles. The normalized spacial score (nSPS) is 13.6. The molecule has 0 aliphatic rings. The Kier molecular flexibility index (Phi) is 18.2. The quantitative estimate of drug-likeness (QED) is 0.124. The Bertz CT molecular complexity index is 604. The molecule has 0 saturated carbocycles. The van der Waals surface area contributed by atoms with Gasteiger partial charge in [-0.1, -0.05) is 84.5 Å². The molecule has 2 N–H and O–H groups in total. The SMILES string of the molecule is CCCCCCCCCC(CCCCCCCC)OC(=O)CC(O)(CC(=O)O)C(=O)OC(C)=O. The van der Waals surface area contributed by atoms with E-state index in [1.807, 2.05) is 0 Å². The summed E-state index contributed by atoms with van der Waals surface area (Å²) in [5.74, 6) is -4.83. The summed E-state index contributed by atoms with van der Waals surface area (Å²) < 4.78 is 9.93. The van der Waals surface area contributed by atoms with Gasteiger partial charge in [0.1, 0.15) is 6.10 Å². The lowest BCUT2D eigenvalue weighted by molar-refractivity contribution is -0.182. The maximum Gasteiger partial charge on any atom is 0.346 e. The van der Waals surface area contributed by atoms with Crippen molar-refractivity contribution in [1.82, 2.24) is 0 Å². The van der Waals surface area contributed by atoms with Crippen molar-refractivity contribution in [2.75, 3.05) is 0 Å². The average molecular weight is 487 g/mol. The number of esters is 3. The molecule has 0 heterocycles. The second kappa shape index (κ2) is 19.4. The number of carboxylic acids is 1. The molecule has 0 saturated heterocycles. The summed E-state index contributed by atoms with van der Waals surface area (Å²) in [6.07, 6.45) is 13.6. The third kappa shape index (κ3) is 16.6. The third-order valence-corrected chi connectivity index (χ3v) is 5.80. The van der Waals surface area contributed by atoms with Gasteiger partial charge in [-0.2, -0.15) is 0 Å². The lowest BCUT2D eigenvalue weighted by Gasteiger charge is -2.24. The Hall–Kier alpha value is -1.96. The van der Waals surface area contributed by atoms with E-state index in [2.05, 4.69) is 18.6 Å². The molecule has 0 aromatic heterocycles. The van der Waals surface area contributed by atoms with Crippen LogP contribution in [0, 0.1) is 0 Å². The number of aliphatic hydroxyl groups is 1. The van der Waals surface area contributed by atoms with E-state index < -0.39 is 42.3 Å². The zero-order valence-corrected chi connectivity index (χ0v) is 21.4. The monoisotopic (exact) mass is 486 g/mol. The molecule has 0 aromatic rings. The van der Waals surface area contributed by atoms with Crippen LogP contribution in [0.1, 0.15) is 130 Å². The molecule has 0 bridgehead atoms. The van der Waals surface area contributed by atoms with Crippen LogP contribution >= 0.6 is 0 Å². The van der Waals surface area contributed by atoms with Crippen molar-refractivity contribution in [3.63, 3.8) is 0 Å². The largest absolute Gasteiger partial charge is 0.481 e. The topological polar surface area (TPSA) is 127 Å². The Balaban J connectivity index is 4.88. The van der Waals surface area contributed by atoms with Gasteiger partial charge in [0.25, 0.3) is 0 Å². The highest BCUT2D eigenvalue weighted by Crippen LogP contribution is 2.22. The van der Waals surface area contributed by atoms with E-state index in [4.69, 9.17) is 9.84 Å². The minimum absolute atomic E-state index is 0.354. The molecule has 0 radical (unpaired) electrons. The van der Waals surface area contributed by atoms with Crippen LogP contribution in [0.25, 0.3) is 0 Å². The van der Waals surface area contributed by atoms with Gasteiger partial charge in [0.05, 0.1) is 12.8 Å². The van der Waals surface area contributed by atoms with Crippen molar-refractivity contribution in [2.45, 2.75) is 142 Å². The van der Waals surface area contributed by atoms with Crippen LogP contribution in [0.5, 0.6) is 0 Å². The first-order valence-electron chi connectivity index (χ1n) is 13.0. The van der Waals surface area contributed by atoms with E-state index in [0.29, 0.717) is 12.8 Å². The Morgan fingerprint density at radius 2 is 1.18 bits per heavy atom. The zero-order valence-electron chi connectivity index (χ0n) is 21.4. The number of hydrogen-bond acceptors (Lipinski definition) is 7. The summed E-state index contributed by atoms with van der Waals surface area (Å²) in [4.78, 5) is 46.8. The number of carboxylic acid groups (broad SMARTS) is 1. The molecule has 0 aliphatic carbocycles. The van der Waals surface area contributed by atoms with Crippen LogP contribution < -0.4 is 0 Å². The standard InChI is InChI=1S/C26H46O8/c1-4-6-8-10-12-14-16-18-22(17-15-13-11-9-7-5-2)34-24(30)20-26(32,19-23(28)29)25(31)33-21(3)27/h22,32H,4-20H2,1-3H3,(H,28,29). The van der Waals surface area contributed by atoms with Gasteiger partial charge in [0, 0.05) is 6.92 Å². The van der Waals surface area contributed by atoms with Crippen molar-refractivity contribution >= 4 is 23.9 Å². The lowest BCUT2D eigenvalue weighted by atomic mass is 9.95. The van der Waals surface area contributed by atoms with Crippen LogP contribution in [0.15, 0.2) is 0 Å². The molecule has 0 amide bonds. The number of rotatable bonds is 21. The average Bonchev–Trinajstić information content (AvgIpc) is 2.74. The van der Waals surface area contributed by atoms with Gasteiger partial charge in [0.15, 0.2) is 5.60 Å². The predicted molar refractivity (Wildman–Crippen MR) is 129 cm³/mol. The summed E-state index contributed by atoms with van der Waals surface area (Å²) >= 11 is 0. The molecular weight excluding hydrogens is 440 g/mol. The van der Waals surface area contributed by atoms with E-state index in [9.17, 15) is 24.3 Å². The Labute approximate surface area is 204 Å². The van der Waals surface area contributed by atoms with E-state index in [1.54, 1.807) is 0 Å². The summed E-state index contributed by atoms with van der Waals surface area (Å²) in [5.41, 5.74) is -2.65. The molecule has 34 heavy (non-hydrogen) atoms. The molecule has 0 fully saturated rings. The lowest BCUT2D eigenvalue weighted by Crippen LogP contribution is -2.45. The number of ether oxygens (including phenoxy) is 2. The van der Waals surface area contributed by atoms with Gasteiger partial charge in [-0.15, -0.1) is 0 Å². The number of aliphatic carboxylic acids is 1. The van der Waals surface area contributed by atoms with Crippen LogP contribution in [0.3, 0.4) is 0 Å². The summed E-state index contributed by atoms with van der Waals surface area (Å²) in [5, 5.41) is 19.5. The maximum absolute atomic E-state index is 12.6. The van der Waals surface area contributed by atoms with Gasteiger partial charge in [-0.05, 0) is 25.7 Å². The Morgan fingerprint density at radius 3 is 1.59 bits per heavy atom. The van der Waals surface area contributed by atoms with Gasteiger partial charge in [-0.25, -0.2) is 4.79 Å². The third-order valence-electron chi connectivity index (χ3n) is 5.80. The molecule has 0 aromatic carbocycles. The van der Waals surface area contributed by atoms with Crippen LogP contribution in [0.4, 0.5) is 0 Å². The minimum Gasteiger partial charge on any atom is -0.481 e. The first kappa shape index (κ1) is 32.0. The smallest absolute Gasteiger partial charge is 0.346 e. The molecule has 2 atom stereocenters. The minimum atomic E-state index is -2.65. The first-order chi connectivity index (χ1) is 16.1. The fourth-order valence-corrected chi connectivity index (χ4v) is 3.89. The molecule has 2 unspecified atom stereocenters. The number of unbranched alkanes of at least 4 members (excludes halogenated alkanes) is 11. The predicted octanol–water partition coefficient (Wildman–Crippen LogP) is 5.48. The highest BCUT2D eigenvalue weighted by molar-refractivity contribution is 5.94. The van der Waals surface area contributed by atoms with E-state index in [0.717, 1.165) is 45.4 Å². The highest BCUT2D eigenvalue weighted by Gasteiger charge is 2.44.